The molecule has 2 atom stereocenters. The van der Waals surface area contributed by atoms with E-state index in [4.69, 9.17) is 4.74 Å². The first-order chi connectivity index (χ1) is 9.09. The molecule has 2 heteroatoms. The lowest BCUT2D eigenvalue weighted by Gasteiger charge is -2.60. The lowest BCUT2D eigenvalue weighted by Crippen LogP contribution is -2.54. The Morgan fingerprint density at radius 3 is 2.58 bits per heavy atom. The van der Waals surface area contributed by atoms with Crippen LogP contribution in [0.25, 0.3) is 0 Å². The summed E-state index contributed by atoms with van der Waals surface area (Å²) in [5, 5.41) is 0. The predicted octanol–water partition coefficient (Wildman–Crippen LogP) is 3.86. The van der Waals surface area contributed by atoms with E-state index in [1.165, 1.54) is 19.3 Å². The molecule has 1 aliphatic heterocycles. The summed E-state index contributed by atoms with van der Waals surface area (Å²) in [7, 11) is 0. The zero-order valence-electron chi connectivity index (χ0n) is 11.9. The molecule has 0 saturated heterocycles. The van der Waals surface area contributed by atoms with Crippen molar-refractivity contribution in [2.24, 2.45) is 22.7 Å². The van der Waals surface area contributed by atoms with E-state index in [9.17, 15) is 4.79 Å². The van der Waals surface area contributed by atoms with Gasteiger partial charge in [0.1, 0.15) is 0 Å². The fourth-order valence-electron chi connectivity index (χ4n) is 6.06. The summed E-state index contributed by atoms with van der Waals surface area (Å²) in [5.41, 5.74) is 1.43. The van der Waals surface area contributed by atoms with Crippen LogP contribution in [0.5, 0.6) is 0 Å². The summed E-state index contributed by atoms with van der Waals surface area (Å²) < 4.78 is 5.41. The number of rotatable bonds is 2. The molecule has 0 N–H and O–H groups in total. The Hall–Kier alpha value is -0.790. The minimum atomic E-state index is -0.00856. The molecule has 4 fully saturated rings. The van der Waals surface area contributed by atoms with Crippen LogP contribution in [0.3, 0.4) is 0 Å². The van der Waals surface area contributed by atoms with Gasteiger partial charge in [0.25, 0.3) is 0 Å². The first-order valence-corrected chi connectivity index (χ1v) is 7.94. The number of allylic oxidation sites excluding steroid dienone is 1. The highest BCUT2D eigenvalue weighted by Crippen LogP contribution is 2.65. The lowest BCUT2D eigenvalue weighted by atomic mass is 9.43. The third kappa shape index (κ3) is 1.79. The Kier molecular flexibility index (Phi) is 2.44. The van der Waals surface area contributed by atoms with Crippen LogP contribution in [0, 0.1) is 22.7 Å². The fraction of sp³-hybridized carbons (Fsp3) is 0.824. The standard InChI is InChI=1S/C17H24O2/c1-16-6-12-5-13(7-16)9-17(8-12,11-16)15(18)14-3-2-4-19-10-14/h10,12-13H,2-9,11H2,1H3. The second-order valence-electron chi connectivity index (χ2n) is 8.00. The summed E-state index contributed by atoms with van der Waals surface area (Å²) >= 11 is 0. The molecule has 104 valence electrons. The molecule has 0 aromatic rings. The number of carbonyl (C=O) groups excluding carboxylic acids is 1. The molecule has 0 amide bonds. The fourth-order valence-corrected chi connectivity index (χ4v) is 6.06. The van der Waals surface area contributed by atoms with Crippen molar-refractivity contribution in [1.82, 2.24) is 0 Å². The van der Waals surface area contributed by atoms with E-state index >= 15 is 0 Å². The summed E-state index contributed by atoms with van der Waals surface area (Å²) in [6.07, 6.45) is 11.3. The molecule has 4 bridgehead atoms. The number of hydrogen-bond acceptors (Lipinski definition) is 2. The number of ketones is 1. The van der Waals surface area contributed by atoms with Crippen molar-refractivity contribution in [2.75, 3.05) is 6.61 Å². The van der Waals surface area contributed by atoms with Gasteiger partial charge in [-0.2, -0.15) is 0 Å². The maximum absolute atomic E-state index is 13.0. The van der Waals surface area contributed by atoms with E-state index < -0.39 is 0 Å². The first kappa shape index (κ1) is 12.0. The highest BCUT2D eigenvalue weighted by molar-refractivity contribution is 6.00. The summed E-state index contributed by atoms with van der Waals surface area (Å²) in [5.74, 6) is 2.09. The molecule has 1 heterocycles. The predicted molar refractivity (Wildman–Crippen MR) is 73.5 cm³/mol. The molecule has 0 aromatic carbocycles. The molecule has 0 spiro atoms. The molecule has 2 unspecified atom stereocenters. The quantitative estimate of drug-likeness (QED) is 0.753. The van der Waals surface area contributed by atoms with Crippen LogP contribution in [0.4, 0.5) is 0 Å². The van der Waals surface area contributed by atoms with E-state index in [2.05, 4.69) is 6.92 Å². The summed E-state index contributed by atoms with van der Waals surface area (Å²) in [6, 6.07) is 0. The van der Waals surface area contributed by atoms with Crippen LogP contribution in [-0.2, 0) is 9.53 Å². The van der Waals surface area contributed by atoms with Gasteiger partial charge >= 0.3 is 0 Å². The maximum Gasteiger partial charge on any atom is 0.168 e. The van der Waals surface area contributed by atoms with Crippen LogP contribution in [-0.4, -0.2) is 12.4 Å². The molecule has 5 rings (SSSR count). The van der Waals surface area contributed by atoms with Gasteiger partial charge in [0.15, 0.2) is 5.78 Å². The van der Waals surface area contributed by atoms with Crippen molar-refractivity contribution >= 4 is 5.78 Å². The minimum Gasteiger partial charge on any atom is -0.501 e. The smallest absolute Gasteiger partial charge is 0.168 e. The van der Waals surface area contributed by atoms with Crippen LogP contribution in [0.2, 0.25) is 0 Å². The Labute approximate surface area is 115 Å². The van der Waals surface area contributed by atoms with Gasteiger partial charge in [-0.1, -0.05) is 6.92 Å². The zero-order valence-corrected chi connectivity index (χ0v) is 11.9. The Morgan fingerprint density at radius 1 is 1.26 bits per heavy atom. The minimum absolute atomic E-state index is 0.00856. The van der Waals surface area contributed by atoms with Gasteiger partial charge < -0.3 is 4.74 Å². The molecule has 4 saturated carbocycles. The normalized spacial score (nSPS) is 47.7. The van der Waals surface area contributed by atoms with Crippen LogP contribution < -0.4 is 0 Å². The molecular formula is C17H24O2. The zero-order chi connectivity index (χ0) is 13.1. The largest absolute Gasteiger partial charge is 0.501 e. The van der Waals surface area contributed by atoms with E-state index in [1.54, 1.807) is 6.26 Å². The third-order valence-electron chi connectivity index (χ3n) is 6.06. The molecule has 0 radical (unpaired) electrons. The van der Waals surface area contributed by atoms with E-state index in [1.807, 2.05) is 0 Å². The number of hydrogen-bond donors (Lipinski definition) is 0. The molecular weight excluding hydrogens is 236 g/mol. The van der Waals surface area contributed by atoms with Crippen LogP contribution >= 0.6 is 0 Å². The van der Waals surface area contributed by atoms with E-state index in [0.29, 0.717) is 11.2 Å². The lowest BCUT2D eigenvalue weighted by molar-refractivity contribution is -0.149. The van der Waals surface area contributed by atoms with E-state index in [0.717, 1.165) is 56.1 Å². The van der Waals surface area contributed by atoms with Crippen LogP contribution in [0.1, 0.15) is 58.3 Å². The monoisotopic (exact) mass is 260 g/mol. The van der Waals surface area contributed by atoms with Crippen LogP contribution in [0.15, 0.2) is 11.8 Å². The summed E-state index contributed by atoms with van der Waals surface area (Å²) in [6.45, 7) is 3.21. The molecule has 0 aromatic heterocycles. The molecule has 5 aliphatic rings. The van der Waals surface area contributed by atoms with Gasteiger partial charge in [-0.3, -0.25) is 4.79 Å². The second-order valence-corrected chi connectivity index (χ2v) is 8.00. The number of ether oxygens (including phenoxy) is 1. The van der Waals surface area contributed by atoms with Crippen molar-refractivity contribution < 1.29 is 9.53 Å². The Bertz CT molecular complexity index is 434. The molecule has 4 aliphatic carbocycles. The van der Waals surface area contributed by atoms with Crippen molar-refractivity contribution in [3.05, 3.63) is 11.8 Å². The van der Waals surface area contributed by atoms with Gasteiger partial charge in [0, 0.05) is 11.0 Å². The van der Waals surface area contributed by atoms with Crippen molar-refractivity contribution in [1.29, 1.82) is 0 Å². The first-order valence-electron chi connectivity index (χ1n) is 7.94. The van der Waals surface area contributed by atoms with Crippen molar-refractivity contribution in [3.8, 4) is 0 Å². The average molecular weight is 260 g/mol. The second kappa shape index (κ2) is 3.86. The molecule has 2 nitrogen and oxygen atoms in total. The SMILES string of the molecule is CC12CC3CC(C1)CC(C(=O)C1=COCCC1)(C3)C2. The topological polar surface area (TPSA) is 26.3 Å². The third-order valence-corrected chi connectivity index (χ3v) is 6.06. The Balaban J connectivity index is 1.66. The highest BCUT2D eigenvalue weighted by atomic mass is 16.5. The summed E-state index contributed by atoms with van der Waals surface area (Å²) in [4.78, 5) is 13.0. The number of carbonyl (C=O) groups is 1. The number of Topliss-reactive ketones (excluding diaryl/α,β-unsaturated/α-hetero) is 1. The van der Waals surface area contributed by atoms with Gasteiger partial charge in [-0.05, 0) is 68.6 Å². The van der Waals surface area contributed by atoms with Crippen molar-refractivity contribution in [2.45, 2.75) is 58.3 Å². The van der Waals surface area contributed by atoms with E-state index in [-0.39, 0.29) is 5.41 Å². The van der Waals surface area contributed by atoms with Gasteiger partial charge in [-0.25, -0.2) is 0 Å². The van der Waals surface area contributed by atoms with Gasteiger partial charge in [0.2, 0.25) is 0 Å². The maximum atomic E-state index is 13.0. The average Bonchev–Trinajstić information content (AvgIpc) is 2.36. The van der Waals surface area contributed by atoms with Crippen molar-refractivity contribution in [3.63, 3.8) is 0 Å². The Morgan fingerprint density at radius 2 is 2.00 bits per heavy atom. The molecule has 19 heavy (non-hydrogen) atoms. The highest BCUT2D eigenvalue weighted by Gasteiger charge is 2.58. The van der Waals surface area contributed by atoms with Gasteiger partial charge in [-0.15, -0.1) is 0 Å². The van der Waals surface area contributed by atoms with Gasteiger partial charge in [0.05, 0.1) is 12.9 Å².